The third-order valence-electron chi connectivity index (χ3n) is 5.39. The van der Waals surface area contributed by atoms with Crippen molar-refractivity contribution in [2.75, 3.05) is 19.6 Å². The molecule has 5 nitrogen and oxygen atoms in total. The fourth-order valence-corrected chi connectivity index (χ4v) is 3.89. The number of likely N-dealkylation sites (tertiary alicyclic amines) is 1. The lowest BCUT2D eigenvalue weighted by Crippen LogP contribution is -2.45. The molecule has 2 aromatic carbocycles. The highest BCUT2D eigenvalue weighted by molar-refractivity contribution is 5.80. The summed E-state index contributed by atoms with van der Waals surface area (Å²) in [6, 6.07) is 12.4. The van der Waals surface area contributed by atoms with E-state index in [1.807, 2.05) is 11.0 Å². The maximum absolute atomic E-state index is 13.8. The molecule has 2 N–H and O–H groups in total. The van der Waals surface area contributed by atoms with E-state index >= 15 is 0 Å². The summed E-state index contributed by atoms with van der Waals surface area (Å²) in [5, 5.41) is 0. The molecule has 2 aliphatic heterocycles. The van der Waals surface area contributed by atoms with Gasteiger partial charge < -0.3 is 9.64 Å². The molecule has 0 aliphatic carbocycles. The van der Waals surface area contributed by atoms with Gasteiger partial charge in [-0.25, -0.2) is 14.2 Å². The second kappa shape index (κ2) is 8.24. The number of rotatable bonds is 4. The smallest absolute Gasteiger partial charge is 0.229 e. The van der Waals surface area contributed by atoms with Crippen LogP contribution in [0.4, 0.5) is 8.78 Å². The number of amides is 1. The van der Waals surface area contributed by atoms with E-state index in [1.165, 1.54) is 18.2 Å². The van der Waals surface area contributed by atoms with E-state index in [4.69, 9.17) is 4.74 Å². The number of nitrogens with one attached hydrogen (secondary N) is 2. The summed E-state index contributed by atoms with van der Waals surface area (Å²) in [4.78, 5) is 14.9. The Labute approximate surface area is 162 Å². The highest BCUT2D eigenvalue weighted by atomic mass is 19.1. The molecule has 1 amide bonds. The second-order valence-corrected chi connectivity index (χ2v) is 7.24. The van der Waals surface area contributed by atoms with Gasteiger partial charge in [0.25, 0.3) is 0 Å². The quantitative estimate of drug-likeness (QED) is 0.847. The van der Waals surface area contributed by atoms with Crippen molar-refractivity contribution in [2.45, 2.75) is 25.0 Å². The number of carbonyl (C=O) groups is 1. The van der Waals surface area contributed by atoms with Crippen LogP contribution < -0.4 is 15.6 Å². The number of benzene rings is 2. The van der Waals surface area contributed by atoms with Crippen LogP contribution in [-0.4, -0.2) is 36.5 Å². The Kier molecular flexibility index (Phi) is 5.54. The van der Waals surface area contributed by atoms with Crippen LogP contribution in [0.15, 0.2) is 48.5 Å². The van der Waals surface area contributed by atoms with Crippen molar-refractivity contribution in [3.05, 3.63) is 65.7 Å². The van der Waals surface area contributed by atoms with Gasteiger partial charge in [-0.3, -0.25) is 10.2 Å². The normalized spacial score (nSPS) is 23.0. The van der Waals surface area contributed by atoms with Crippen LogP contribution in [0.25, 0.3) is 0 Å². The van der Waals surface area contributed by atoms with Gasteiger partial charge in [-0.1, -0.05) is 24.3 Å². The molecule has 2 heterocycles. The molecule has 2 saturated heterocycles. The van der Waals surface area contributed by atoms with Crippen LogP contribution in [0.2, 0.25) is 0 Å². The Morgan fingerprint density at radius 3 is 2.61 bits per heavy atom. The van der Waals surface area contributed by atoms with Crippen molar-refractivity contribution in [2.24, 2.45) is 5.92 Å². The number of hydrazine groups is 1. The number of halogens is 2. The lowest BCUT2D eigenvalue weighted by molar-refractivity contribution is -0.137. The molecule has 2 aromatic rings. The molecule has 2 unspecified atom stereocenters. The van der Waals surface area contributed by atoms with Crippen LogP contribution in [0.1, 0.15) is 24.4 Å². The molecule has 0 spiro atoms. The van der Waals surface area contributed by atoms with Gasteiger partial charge in [0.15, 0.2) is 11.6 Å². The van der Waals surface area contributed by atoms with E-state index in [-0.39, 0.29) is 41.4 Å². The minimum absolute atomic E-state index is 0.0381. The molecule has 7 heteroatoms. The van der Waals surface area contributed by atoms with Crippen molar-refractivity contribution >= 4 is 5.91 Å². The van der Waals surface area contributed by atoms with Crippen molar-refractivity contribution in [1.82, 2.24) is 15.8 Å². The Hall–Kier alpha value is -2.51. The van der Waals surface area contributed by atoms with Crippen molar-refractivity contribution in [1.29, 1.82) is 0 Å². The molecule has 2 aliphatic rings. The SMILES string of the molecule is O=C(C1CNNC1c1cccc(F)c1)N1CCC(Oc2ccccc2F)CC1. The number of nitrogens with zero attached hydrogens (tertiary/aromatic N) is 1. The first-order valence-corrected chi connectivity index (χ1v) is 9.55. The predicted molar refractivity (Wildman–Crippen MR) is 100 cm³/mol. The minimum atomic E-state index is -0.373. The molecular weight excluding hydrogens is 364 g/mol. The molecule has 148 valence electrons. The van der Waals surface area contributed by atoms with Gasteiger partial charge in [0.2, 0.25) is 5.91 Å². The van der Waals surface area contributed by atoms with Gasteiger partial charge in [0.05, 0.1) is 12.0 Å². The summed E-state index contributed by atoms with van der Waals surface area (Å²) in [6.45, 7) is 1.61. The van der Waals surface area contributed by atoms with Crippen LogP contribution in [0.3, 0.4) is 0 Å². The average Bonchev–Trinajstić information content (AvgIpc) is 3.20. The molecule has 0 aromatic heterocycles. The first-order valence-electron chi connectivity index (χ1n) is 9.55. The third-order valence-corrected chi connectivity index (χ3v) is 5.39. The van der Waals surface area contributed by atoms with Crippen LogP contribution in [0, 0.1) is 17.6 Å². The molecule has 0 bridgehead atoms. The zero-order valence-electron chi connectivity index (χ0n) is 15.4. The second-order valence-electron chi connectivity index (χ2n) is 7.24. The third kappa shape index (κ3) is 4.00. The Bertz CT molecular complexity index is 840. The van der Waals surface area contributed by atoms with E-state index in [0.717, 1.165) is 5.56 Å². The Morgan fingerprint density at radius 1 is 1.07 bits per heavy atom. The number of hydrogen-bond acceptors (Lipinski definition) is 4. The number of hydrogen-bond donors (Lipinski definition) is 2. The van der Waals surface area contributed by atoms with E-state index in [1.54, 1.807) is 24.3 Å². The van der Waals surface area contributed by atoms with E-state index in [0.29, 0.717) is 32.5 Å². The van der Waals surface area contributed by atoms with Gasteiger partial charge in [0.1, 0.15) is 11.9 Å². The molecule has 0 saturated carbocycles. The number of piperidine rings is 1. The predicted octanol–water partition coefficient (Wildman–Crippen LogP) is 2.80. The lowest BCUT2D eigenvalue weighted by Gasteiger charge is -2.34. The van der Waals surface area contributed by atoms with Gasteiger partial charge in [-0.2, -0.15) is 0 Å². The maximum atomic E-state index is 13.8. The summed E-state index contributed by atoms with van der Waals surface area (Å²) in [5.74, 6) is -0.699. The number of carbonyl (C=O) groups excluding carboxylic acids is 1. The summed E-state index contributed by atoms with van der Waals surface area (Å²) in [7, 11) is 0. The first kappa shape index (κ1) is 18.8. The molecule has 28 heavy (non-hydrogen) atoms. The lowest BCUT2D eigenvalue weighted by atomic mass is 9.92. The standard InChI is InChI=1S/C21H23F2N3O2/c22-15-5-3-4-14(12-15)20-17(13-24-25-20)21(27)26-10-8-16(9-11-26)28-19-7-2-1-6-18(19)23/h1-7,12,16-17,20,24-25H,8-11,13H2. The maximum Gasteiger partial charge on any atom is 0.229 e. The summed E-state index contributed by atoms with van der Waals surface area (Å²) in [6.07, 6.45) is 1.19. The highest BCUT2D eigenvalue weighted by Crippen LogP contribution is 2.29. The van der Waals surface area contributed by atoms with Gasteiger partial charge >= 0.3 is 0 Å². The average molecular weight is 387 g/mol. The monoisotopic (exact) mass is 387 g/mol. The zero-order chi connectivity index (χ0) is 19.5. The molecule has 4 rings (SSSR count). The Morgan fingerprint density at radius 2 is 1.86 bits per heavy atom. The largest absolute Gasteiger partial charge is 0.487 e. The van der Waals surface area contributed by atoms with Crippen LogP contribution in [-0.2, 0) is 4.79 Å². The molecule has 2 atom stereocenters. The highest BCUT2D eigenvalue weighted by Gasteiger charge is 2.37. The molecular formula is C21H23F2N3O2. The number of ether oxygens (including phenoxy) is 1. The van der Waals surface area contributed by atoms with Gasteiger partial charge in [-0.05, 0) is 29.8 Å². The van der Waals surface area contributed by atoms with Crippen molar-refractivity contribution in [3.63, 3.8) is 0 Å². The van der Waals surface area contributed by atoms with Gasteiger partial charge in [-0.15, -0.1) is 0 Å². The van der Waals surface area contributed by atoms with Gasteiger partial charge in [0, 0.05) is 32.5 Å². The fourth-order valence-electron chi connectivity index (χ4n) is 3.89. The molecule has 0 radical (unpaired) electrons. The van der Waals surface area contributed by atoms with Crippen LogP contribution >= 0.6 is 0 Å². The summed E-state index contributed by atoms with van der Waals surface area (Å²) < 4.78 is 33.1. The molecule has 2 fully saturated rings. The topological polar surface area (TPSA) is 53.6 Å². The number of para-hydroxylation sites is 1. The van der Waals surface area contributed by atoms with E-state index in [2.05, 4.69) is 10.9 Å². The Balaban J connectivity index is 1.36. The zero-order valence-corrected chi connectivity index (χ0v) is 15.4. The van der Waals surface area contributed by atoms with Crippen molar-refractivity contribution in [3.8, 4) is 5.75 Å². The summed E-state index contributed by atoms with van der Waals surface area (Å²) in [5.41, 5.74) is 6.86. The minimum Gasteiger partial charge on any atom is -0.487 e. The van der Waals surface area contributed by atoms with Crippen molar-refractivity contribution < 1.29 is 18.3 Å². The van der Waals surface area contributed by atoms with E-state index < -0.39 is 0 Å². The summed E-state index contributed by atoms with van der Waals surface area (Å²) >= 11 is 0. The van der Waals surface area contributed by atoms with E-state index in [9.17, 15) is 13.6 Å². The van der Waals surface area contributed by atoms with Crippen LogP contribution in [0.5, 0.6) is 5.75 Å². The fraction of sp³-hybridized carbons (Fsp3) is 0.381. The first-order chi connectivity index (χ1) is 13.6.